The van der Waals surface area contributed by atoms with Gasteiger partial charge in [-0.2, -0.15) is 0 Å². The number of para-hydroxylation sites is 1. The van der Waals surface area contributed by atoms with Crippen molar-refractivity contribution in [1.82, 2.24) is 0 Å². The quantitative estimate of drug-likeness (QED) is 0.848. The molecule has 0 saturated carbocycles. The molecule has 0 saturated heterocycles. The van der Waals surface area contributed by atoms with Gasteiger partial charge in [-0.25, -0.2) is 0 Å². The van der Waals surface area contributed by atoms with E-state index in [1.165, 1.54) is 5.56 Å². The molecule has 2 atom stereocenters. The molecule has 2 heteroatoms. The lowest BCUT2D eigenvalue weighted by atomic mass is 9.87. The van der Waals surface area contributed by atoms with Crippen molar-refractivity contribution in [2.45, 2.75) is 32.7 Å². The Bertz CT molecular complexity index is 348. The van der Waals surface area contributed by atoms with Crippen LogP contribution in [0.25, 0.3) is 0 Å². The fourth-order valence-corrected chi connectivity index (χ4v) is 2.36. The van der Waals surface area contributed by atoms with Crippen molar-refractivity contribution in [3.05, 3.63) is 29.8 Å². The van der Waals surface area contributed by atoms with E-state index in [2.05, 4.69) is 26.0 Å². The van der Waals surface area contributed by atoms with Crippen LogP contribution in [-0.2, 0) is 6.42 Å². The average molecular weight is 219 g/mol. The third-order valence-corrected chi connectivity index (χ3v) is 3.26. The molecule has 0 aromatic heterocycles. The molecule has 16 heavy (non-hydrogen) atoms. The van der Waals surface area contributed by atoms with Crippen molar-refractivity contribution in [2.24, 2.45) is 17.6 Å². The number of fused-ring (bicyclic) bond motifs is 1. The zero-order chi connectivity index (χ0) is 11.5. The third-order valence-electron chi connectivity index (χ3n) is 3.26. The monoisotopic (exact) mass is 219 g/mol. The highest BCUT2D eigenvalue weighted by Crippen LogP contribution is 2.29. The van der Waals surface area contributed by atoms with Crippen molar-refractivity contribution in [2.75, 3.05) is 6.61 Å². The molecule has 1 aliphatic rings. The van der Waals surface area contributed by atoms with E-state index in [1.807, 2.05) is 12.1 Å². The van der Waals surface area contributed by atoms with Crippen molar-refractivity contribution in [3.8, 4) is 5.75 Å². The largest absolute Gasteiger partial charge is 0.493 e. The number of hydrogen-bond donors (Lipinski definition) is 1. The standard InChI is InChI=1S/C14H21NO/c1-10(2)7-13(15)12-8-11-5-3-4-6-14(11)16-9-12/h3-6,10,12-13H,7-9,15H2,1-2H3. The second-order valence-electron chi connectivity index (χ2n) is 5.18. The molecule has 0 amide bonds. The van der Waals surface area contributed by atoms with E-state index in [1.54, 1.807) is 0 Å². The Kier molecular flexibility index (Phi) is 3.49. The van der Waals surface area contributed by atoms with Crippen molar-refractivity contribution in [3.63, 3.8) is 0 Å². The van der Waals surface area contributed by atoms with Gasteiger partial charge in [0.2, 0.25) is 0 Å². The second kappa shape index (κ2) is 4.88. The van der Waals surface area contributed by atoms with Gasteiger partial charge in [0.05, 0.1) is 6.61 Å². The Morgan fingerprint density at radius 3 is 2.88 bits per heavy atom. The lowest BCUT2D eigenvalue weighted by molar-refractivity contribution is 0.189. The molecule has 1 aliphatic heterocycles. The minimum absolute atomic E-state index is 0.258. The van der Waals surface area contributed by atoms with E-state index in [-0.39, 0.29) is 6.04 Å². The van der Waals surface area contributed by atoms with Gasteiger partial charge in [0.25, 0.3) is 0 Å². The van der Waals surface area contributed by atoms with Gasteiger partial charge in [-0.05, 0) is 30.4 Å². The minimum Gasteiger partial charge on any atom is -0.493 e. The lowest BCUT2D eigenvalue weighted by Crippen LogP contribution is -2.38. The highest BCUT2D eigenvalue weighted by Gasteiger charge is 2.25. The molecule has 0 spiro atoms. The van der Waals surface area contributed by atoms with Gasteiger partial charge in [-0.3, -0.25) is 0 Å². The van der Waals surface area contributed by atoms with E-state index in [4.69, 9.17) is 10.5 Å². The van der Waals surface area contributed by atoms with E-state index in [0.29, 0.717) is 11.8 Å². The maximum atomic E-state index is 6.23. The second-order valence-corrected chi connectivity index (χ2v) is 5.18. The maximum Gasteiger partial charge on any atom is 0.122 e. The smallest absolute Gasteiger partial charge is 0.122 e. The molecular weight excluding hydrogens is 198 g/mol. The summed E-state index contributed by atoms with van der Waals surface area (Å²) in [6.45, 7) is 5.21. The average Bonchev–Trinajstić information content (AvgIpc) is 2.27. The molecule has 0 bridgehead atoms. The normalized spacial score (nSPS) is 21.4. The molecule has 0 aliphatic carbocycles. The van der Waals surface area contributed by atoms with Gasteiger partial charge in [0.15, 0.2) is 0 Å². The SMILES string of the molecule is CC(C)CC(N)C1COc2ccccc2C1. The van der Waals surface area contributed by atoms with E-state index in [9.17, 15) is 0 Å². The van der Waals surface area contributed by atoms with Crippen LogP contribution in [0, 0.1) is 11.8 Å². The summed E-state index contributed by atoms with van der Waals surface area (Å²) < 4.78 is 5.76. The zero-order valence-electron chi connectivity index (χ0n) is 10.1. The van der Waals surface area contributed by atoms with Crippen LogP contribution in [0.3, 0.4) is 0 Å². The summed E-state index contributed by atoms with van der Waals surface area (Å²) in [4.78, 5) is 0. The fourth-order valence-electron chi connectivity index (χ4n) is 2.36. The van der Waals surface area contributed by atoms with Crippen LogP contribution in [0.2, 0.25) is 0 Å². The number of hydrogen-bond acceptors (Lipinski definition) is 2. The Labute approximate surface area is 97.8 Å². The van der Waals surface area contributed by atoms with Crippen LogP contribution in [0.4, 0.5) is 0 Å². The van der Waals surface area contributed by atoms with Gasteiger partial charge in [-0.1, -0.05) is 32.0 Å². The molecule has 0 fully saturated rings. The van der Waals surface area contributed by atoms with Crippen molar-refractivity contribution in [1.29, 1.82) is 0 Å². The number of nitrogens with two attached hydrogens (primary N) is 1. The molecular formula is C14H21NO. The fraction of sp³-hybridized carbons (Fsp3) is 0.571. The van der Waals surface area contributed by atoms with E-state index in [0.717, 1.165) is 25.2 Å². The summed E-state index contributed by atoms with van der Waals surface area (Å²) in [6.07, 6.45) is 2.14. The highest BCUT2D eigenvalue weighted by atomic mass is 16.5. The highest BCUT2D eigenvalue weighted by molar-refractivity contribution is 5.35. The molecule has 88 valence electrons. The minimum atomic E-state index is 0.258. The van der Waals surface area contributed by atoms with E-state index >= 15 is 0 Å². The van der Waals surface area contributed by atoms with Crippen LogP contribution < -0.4 is 10.5 Å². The first-order chi connectivity index (χ1) is 7.66. The van der Waals surface area contributed by atoms with Crippen molar-refractivity contribution < 1.29 is 4.74 Å². The summed E-state index contributed by atoms with van der Waals surface area (Å²) >= 11 is 0. The first-order valence-corrected chi connectivity index (χ1v) is 6.13. The Hall–Kier alpha value is -1.02. The van der Waals surface area contributed by atoms with Gasteiger partial charge in [-0.15, -0.1) is 0 Å². The maximum absolute atomic E-state index is 6.23. The molecule has 1 heterocycles. The molecule has 1 aromatic rings. The predicted molar refractivity (Wildman–Crippen MR) is 66.6 cm³/mol. The molecule has 2 nitrogen and oxygen atoms in total. The Morgan fingerprint density at radius 2 is 2.12 bits per heavy atom. The van der Waals surface area contributed by atoms with Crippen LogP contribution in [0.1, 0.15) is 25.8 Å². The third kappa shape index (κ3) is 2.56. The topological polar surface area (TPSA) is 35.2 Å². The summed E-state index contributed by atoms with van der Waals surface area (Å²) in [5.41, 5.74) is 7.53. The molecule has 2 rings (SSSR count). The molecule has 2 unspecified atom stereocenters. The Morgan fingerprint density at radius 1 is 1.38 bits per heavy atom. The summed E-state index contributed by atoms with van der Waals surface area (Å²) in [7, 11) is 0. The van der Waals surface area contributed by atoms with Crippen LogP contribution in [-0.4, -0.2) is 12.6 Å². The summed E-state index contributed by atoms with van der Waals surface area (Å²) in [5.74, 6) is 2.17. The predicted octanol–water partition coefficient (Wildman–Crippen LogP) is 2.61. The Balaban J connectivity index is 2.02. The first-order valence-electron chi connectivity index (χ1n) is 6.13. The number of rotatable bonds is 3. The van der Waals surface area contributed by atoms with Crippen LogP contribution in [0.5, 0.6) is 5.75 Å². The van der Waals surface area contributed by atoms with Gasteiger partial charge in [0, 0.05) is 12.0 Å². The van der Waals surface area contributed by atoms with E-state index < -0.39 is 0 Å². The zero-order valence-corrected chi connectivity index (χ0v) is 10.1. The van der Waals surface area contributed by atoms with Gasteiger partial charge >= 0.3 is 0 Å². The van der Waals surface area contributed by atoms with Gasteiger partial charge in [0.1, 0.15) is 5.75 Å². The first kappa shape index (κ1) is 11.5. The molecule has 1 aromatic carbocycles. The van der Waals surface area contributed by atoms with Gasteiger partial charge < -0.3 is 10.5 Å². The molecule has 0 radical (unpaired) electrons. The summed E-state index contributed by atoms with van der Waals surface area (Å²) in [6, 6.07) is 8.53. The van der Waals surface area contributed by atoms with Crippen LogP contribution >= 0.6 is 0 Å². The number of benzene rings is 1. The van der Waals surface area contributed by atoms with Crippen LogP contribution in [0.15, 0.2) is 24.3 Å². The summed E-state index contributed by atoms with van der Waals surface area (Å²) in [5, 5.41) is 0. The lowest BCUT2D eigenvalue weighted by Gasteiger charge is -2.30. The van der Waals surface area contributed by atoms with Crippen molar-refractivity contribution >= 4 is 0 Å². The number of ether oxygens (including phenoxy) is 1. The molecule has 2 N–H and O–H groups in total.